The maximum absolute atomic E-state index is 12.2. The van der Waals surface area contributed by atoms with Gasteiger partial charge in [0.1, 0.15) is 17.1 Å². The maximum Gasteiger partial charge on any atom is 0.410 e. The van der Waals surface area contributed by atoms with E-state index in [1.165, 1.54) is 0 Å². The molecule has 1 aromatic heterocycles. The van der Waals surface area contributed by atoms with Crippen LogP contribution in [0.2, 0.25) is 0 Å². The van der Waals surface area contributed by atoms with E-state index in [0.717, 1.165) is 44.0 Å². The zero-order valence-electron chi connectivity index (χ0n) is 20.3. The summed E-state index contributed by atoms with van der Waals surface area (Å²) in [5, 5.41) is 5.17. The van der Waals surface area contributed by atoms with E-state index in [4.69, 9.17) is 4.74 Å². The number of hydrogen-bond donors (Lipinski definition) is 3. The molecule has 0 aromatic carbocycles. The van der Waals surface area contributed by atoms with E-state index in [9.17, 15) is 14.4 Å². The minimum Gasteiger partial charge on any atom is -0.444 e. The first kappa shape index (κ1) is 24.8. The lowest BCUT2D eigenvalue weighted by Gasteiger charge is -2.35. The summed E-state index contributed by atoms with van der Waals surface area (Å²) in [6.45, 7) is 13.6. The fraction of sp³-hybridized carbons (Fsp3) is 0.652. The molecule has 2 saturated heterocycles. The van der Waals surface area contributed by atoms with Gasteiger partial charge in [0, 0.05) is 38.3 Å². The highest BCUT2D eigenvalue weighted by Gasteiger charge is 2.26. The van der Waals surface area contributed by atoms with E-state index >= 15 is 0 Å². The number of aryl methyl sites for hydroxylation is 1. The first-order valence-corrected chi connectivity index (χ1v) is 11.6. The Morgan fingerprint density at radius 1 is 1.18 bits per heavy atom. The molecule has 0 aliphatic carbocycles. The van der Waals surface area contributed by atoms with Crippen molar-refractivity contribution in [2.45, 2.75) is 59.0 Å². The Hall–Kier alpha value is -2.88. The number of hydrogen-bond acceptors (Lipinski definition) is 6. The van der Waals surface area contributed by atoms with Crippen molar-refractivity contribution in [2.75, 3.05) is 39.3 Å². The van der Waals surface area contributed by atoms with Crippen molar-refractivity contribution in [3.8, 4) is 0 Å². The van der Waals surface area contributed by atoms with Crippen LogP contribution in [0.1, 0.15) is 64.2 Å². The second-order valence-electron chi connectivity index (χ2n) is 9.84. The number of carbonyl (C=O) groups excluding carboxylic acids is 3. The minimum absolute atomic E-state index is 0.00887. The van der Waals surface area contributed by atoms with Crippen molar-refractivity contribution < 1.29 is 19.1 Å². The molecule has 1 aromatic rings. The number of rotatable bonds is 6. The van der Waals surface area contributed by atoms with E-state index in [2.05, 4.69) is 39.3 Å². The van der Waals surface area contributed by atoms with Crippen LogP contribution in [0.3, 0.4) is 0 Å². The zero-order valence-corrected chi connectivity index (χ0v) is 20.3. The smallest absolute Gasteiger partial charge is 0.410 e. The van der Waals surface area contributed by atoms with Crippen LogP contribution in [0.25, 0.3) is 6.08 Å². The van der Waals surface area contributed by atoms with Gasteiger partial charge in [0.05, 0.1) is 12.2 Å². The maximum atomic E-state index is 12.2. The number of amides is 3. The summed E-state index contributed by atoms with van der Waals surface area (Å²) in [5.41, 5.74) is 1.36. The van der Waals surface area contributed by atoms with Crippen LogP contribution in [0.5, 0.6) is 0 Å². The minimum atomic E-state index is -0.479. The van der Waals surface area contributed by atoms with Crippen molar-refractivity contribution >= 4 is 24.0 Å². The van der Waals surface area contributed by atoms with Crippen LogP contribution in [0, 0.1) is 0 Å². The third-order valence-electron chi connectivity index (χ3n) is 5.51. The lowest BCUT2D eigenvalue weighted by molar-refractivity contribution is -0.127. The summed E-state index contributed by atoms with van der Waals surface area (Å²) in [6, 6.07) is 0. The molecule has 10 nitrogen and oxygen atoms in total. The Morgan fingerprint density at radius 2 is 1.88 bits per heavy atom. The van der Waals surface area contributed by atoms with Crippen molar-refractivity contribution in [1.29, 1.82) is 0 Å². The predicted octanol–water partition coefficient (Wildman–Crippen LogP) is 1.61. The van der Waals surface area contributed by atoms with Gasteiger partial charge in [-0.1, -0.05) is 13.8 Å². The Bertz CT molecular complexity index is 907. The SMILES string of the molecule is CC(C)c1[nH]c(CCCN2CCN(C(=O)OC(C)(C)C)CC2)nc1C=C1NC(=O)CNC1=O. The second kappa shape index (κ2) is 10.4. The highest BCUT2D eigenvalue weighted by molar-refractivity contribution is 6.05. The number of carbonyl (C=O) groups is 3. The molecule has 3 rings (SSSR count). The molecule has 3 N–H and O–H groups in total. The molecule has 182 valence electrons. The van der Waals surface area contributed by atoms with Crippen molar-refractivity contribution in [3.05, 3.63) is 22.9 Å². The number of aromatic amines is 1. The molecule has 3 heterocycles. The molecule has 33 heavy (non-hydrogen) atoms. The van der Waals surface area contributed by atoms with Crippen LogP contribution in [0.15, 0.2) is 5.70 Å². The summed E-state index contributed by atoms with van der Waals surface area (Å²) in [6.07, 6.45) is 3.08. The predicted molar refractivity (Wildman–Crippen MR) is 124 cm³/mol. The summed E-state index contributed by atoms with van der Waals surface area (Å²) in [7, 11) is 0. The van der Waals surface area contributed by atoms with Crippen LogP contribution in [-0.2, 0) is 20.7 Å². The number of H-pyrrole nitrogens is 1. The quantitative estimate of drug-likeness (QED) is 0.555. The summed E-state index contributed by atoms with van der Waals surface area (Å²) < 4.78 is 5.45. The standard InChI is InChI=1S/C23H36N6O4/c1-15(2)20-16(13-17-21(31)24-14-19(30)26-17)25-18(27-20)7-6-8-28-9-11-29(12-10-28)22(32)33-23(3,4)5/h13,15H,6-12,14H2,1-5H3,(H,24,31)(H,25,27)(H,26,30). The van der Waals surface area contributed by atoms with E-state index in [0.29, 0.717) is 18.8 Å². The van der Waals surface area contributed by atoms with Gasteiger partial charge in [0.25, 0.3) is 5.91 Å². The zero-order chi connectivity index (χ0) is 24.2. The largest absolute Gasteiger partial charge is 0.444 e. The third kappa shape index (κ3) is 7.05. The number of imidazole rings is 1. The Balaban J connectivity index is 1.52. The van der Waals surface area contributed by atoms with Crippen molar-refractivity contribution in [2.24, 2.45) is 0 Å². The lowest BCUT2D eigenvalue weighted by Crippen LogP contribution is -2.50. The van der Waals surface area contributed by atoms with E-state index in [1.807, 2.05) is 20.8 Å². The van der Waals surface area contributed by atoms with E-state index < -0.39 is 5.60 Å². The molecule has 0 radical (unpaired) electrons. The molecule has 2 fully saturated rings. The molecule has 2 aliphatic heterocycles. The highest BCUT2D eigenvalue weighted by Crippen LogP contribution is 2.21. The van der Waals surface area contributed by atoms with Crippen LogP contribution < -0.4 is 10.6 Å². The summed E-state index contributed by atoms with van der Waals surface area (Å²) in [4.78, 5) is 48.1. The average molecular weight is 461 g/mol. The monoisotopic (exact) mass is 460 g/mol. The Kier molecular flexibility index (Phi) is 7.78. The van der Waals surface area contributed by atoms with Crippen LogP contribution in [0.4, 0.5) is 4.79 Å². The van der Waals surface area contributed by atoms with Gasteiger partial charge in [-0.05, 0) is 45.7 Å². The third-order valence-corrected chi connectivity index (χ3v) is 5.51. The molecular formula is C23H36N6O4. The molecule has 0 spiro atoms. The molecule has 0 unspecified atom stereocenters. The Labute approximate surface area is 195 Å². The van der Waals surface area contributed by atoms with Crippen LogP contribution >= 0.6 is 0 Å². The Morgan fingerprint density at radius 3 is 2.52 bits per heavy atom. The normalized spacial score (nSPS) is 19.1. The number of piperazine rings is 2. The molecule has 3 amide bonds. The first-order valence-electron chi connectivity index (χ1n) is 11.6. The van der Waals surface area contributed by atoms with Gasteiger partial charge in [-0.2, -0.15) is 0 Å². The molecular weight excluding hydrogens is 424 g/mol. The van der Waals surface area contributed by atoms with Gasteiger partial charge >= 0.3 is 6.09 Å². The van der Waals surface area contributed by atoms with E-state index in [-0.39, 0.29) is 36.1 Å². The molecule has 0 saturated carbocycles. The van der Waals surface area contributed by atoms with Gasteiger partial charge in [-0.3, -0.25) is 14.5 Å². The van der Waals surface area contributed by atoms with Crippen molar-refractivity contribution in [3.63, 3.8) is 0 Å². The molecule has 0 atom stereocenters. The molecule has 2 aliphatic rings. The highest BCUT2D eigenvalue weighted by atomic mass is 16.6. The van der Waals surface area contributed by atoms with Gasteiger partial charge in [0.15, 0.2) is 0 Å². The van der Waals surface area contributed by atoms with Gasteiger partial charge in [-0.25, -0.2) is 9.78 Å². The summed E-state index contributed by atoms with van der Waals surface area (Å²) in [5.74, 6) is 0.510. The number of nitrogens with zero attached hydrogens (tertiary/aromatic N) is 3. The number of nitrogens with one attached hydrogen (secondary N) is 3. The number of ether oxygens (including phenoxy) is 1. The fourth-order valence-electron chi connectivity index (χ4n) is 3.82. The number of aromatic nitrogens is 2. The van der Waals surface area contributed by atoms with E-state index in [1.54, 1.807) is 11.0 Å². The first-order chi connectivity index (χ1) is 15.5. The molecule has 10 heteroatoms. The molecule has 0 bridgehead atoms. The lowest BCUT2D eigenvalue weighted by atomic mass is 10.1. The topological polar surface area (TPSA) is 120 Å². The van der Waals surface area contributed by atoms with Gasteiger partial charge in [0.2, 0.25) is 5.91 Å². The van der Waals surface area contributed by atoms with Gasteiger partial charge < -0.3 is 25.3 Å². The average Bonchev–Trinajstić information content (AvgIpc) is 3.13. The fourth-order valence-corrected chi connectivity index (χ4v) is 3.82. The summed E-state index contributed by atoms with van der Waals surface area (Å²) >= 11 is 0. The van der Waals surface area contributed by atoms with Gasteiger partial charge in [-0.15, -0.1) is 0 Å². The van der Waals surface area contributed by atoms with Crippen LogP contribution in [-0.4, -0.2) is 82.5 Å². The van der Waals surface area contributed by atoms with Crippen molar-refractivity contribution in [1.82, 2.24) is 30.4 Å². The second-order valence-corrected chi connectivity index (χ2v) is 9.84.